The largest absolute Gasteiger partial charge is 0.367 e. The summed E-state index contributed by atoms with van der Waals surface area (Å²) in [6.07, 6.45) is 7.31. The monoisotopic (exact) mass is 361 g/mol. The first-order chi connectivity index (χ1) is 12.2. The van der Waals surface area contributed by atoms with Gasteiger partial charge in [-0.2, -0.15) is 5.10 Å². The van der Waals surface area contributed by atoms with E-state index in [0.29, 0.717) is 12.6 Å². The van der Waals surface area contributed by atoms with Gasteiger partial charge >= 0.3 is 0 Å². The molecule has 0 aromatic carbocycles. The van der Waals surface area contributed by atoms with Gasteiger partial charge in [0, 0.05) is 44.8 Å². The van der Waals surface area contributed by atoms with Gasteiger partial charge in [0.15, 0.2) is 5.96 Å². The molecule has 0 spiro atoms. The Bertz CT molecular complexity index is 705. The molecule has 0 aliphatic carbocycles. The molecule has 25 heavy (non-hydrogen) atoms. The van der Waals surface area contributed by atoms with E-state index in [0.717, 1.165) is 44.0 Å². The van der Waals surface area contributed by atoms with Gasteiger partial charge < -0.3 is 15.5 Å². The van der Waals surface area contributed by atoms with E-state index < -0.39 is 0 Å². The Labute approximate surface area is 153 Å². The standard InChI is InChI=1S/C17H27N7S/c1-4-16-21-14(12-25-16)8-19-17(18-2)22-13-6-5-7-24(10-13)15-9-20-23(3)11-15/h9,11-13H,4-8,10H2,1-3H3,(H2,18,19,22). The number of aromatic nitrogens is 3. The quantitative estimate of drug-likeness (QED) is 0.627. The molecule has 3 heterocycles. The second kappa shape index (κ2) is 8.33. The van der Waals surface area contributed by atoms with Gasteiger partial charge in [0.2, 0.25) is 0 Å². The van der Waals surface area contributed by atoms with E-state index in [-0.39, 0.29) is 0 Å². The Morgan fingerprint density at radius 1 is 1.48 bits per heavy atom. The Morgan fingerprint density at radius 2 is 2.36 bits per heavy atom. The highest BCUT2D eigenvalue weighted by Crippen LogP contribution is 2.19. The number of thiazole rings is 1. The summed E-state index contributed by atoms with van der Waals surface area (Å²) in [5.41, 5.74) is 2.26. The van der Waals surface area contributed by atoms with Crippen LogP contribution in [0, 0.1) is 0 Å². The molecule has 8 heteroatoms. The van der Waals surface area contributed by atoms with Crippen molar-refractivity contribution in [1.29, 1.82) is 0 Å². The predicted molar refractivity (Wildman–Crippen MR) is 103 cm³/mol. The van der Waals surface area contributed by atoms with Gasteiger partial charge in [-0.05, 0) is 19.3 Å². The van der Waals surface area contributed by atoms with Crippen molar-refractivity contribution in [2.45, 2.75) is 38.8 Å². The highest BCUT2D eigenvalue weighted by atomic mass is 32.1. The summed E-state index contributed by atoms with van der Waals surface area (Å²) in [7, 11) is 3.77. The molecular formula is C17H27N7S. The lowest BCUT2D eigenvalue weighted by molar-refractivity contribution is 0.468. The van der Waals surface area contributed by atoms with Gasteiger partial charge in [-0.25, -0.2) is 4.98 Å². The summed E-state index contributed by atoms with van der Waals surface area (Å²) in [6, 6.07) is 0.377. The van der Waals surface area contributed by atoms with Crippen molar-refractivity contribution in [3.63, 3.8) is 0 Å². The molecule has 0 amide bonds. The minimum atomic E-state index is 0.377. The number of nitrogens with zero attached hydrogens (tertiary/aromatic N) is 5. The van der Waals surface area contributed by atoms with Crippen molar-refractivity contribution in [2.75, 3.05) is 25.0 Å². The maximum Gasteiger partial charge on any atom is 0.191 e. The van der Waals surface area contributed by atoms with E-state index >= 15 is 0 Å². The molecule has 2 aromatic heterocycles. The normalized spacial score (nSPS) is 18.4. The number of aryl methyl sites for hydroxylation is 2. The van der Waals surface area contributed by atoms with Gasteiger partial charge in [0.25, 0.3) is 0 Å². The molecule has 1 fully saturated rings. The summed E-state index contributed by atoms with van der Waals surface area (Å²) in [4.78, 5) is 11.3. The SMILES string of the molecule is CCc1nc(CNC(=NC)NC2CCCN(c3cnn(C)c3)C2)cs1. The Balaban J connectivity index is 1.52. The maximum absolute atomic E-state index is 4.59. The molecule has 1 unspecified atom stereocenters. The van der Waals surface area contributed by atoms with Crippen molar-refractivity contribution in [2.24, 2.45) is 12.0 Å². The third-order valence-corrected chi connectivity index (χ3v) is 5.42. The lowest BCUT2D eigenvalue weighted by Crippen LogP contribution is -2.51. The second-order valence-corrected chi connectivity index (χ2v) is 7.26. The van der Waals surface area contributed by atoms with Crippen molar-refractivity contribution < 1.29 is 0 Å². The zero-order valence-corrected chi connectivity index (χ0v) is 16.0. The molecule has 1 aliphatic rings. The molecule has 0 bridgehead atoms. The molecule has 2 N–H and O–H groups in total. The molecule has 2 aromatic rings. The van der Waals surface area contributed by atoms with E-state index in [1.54, 1.807) is 11.3 Å². The first-order valence-corrected chi connectivity index (χ1v) is 9.70. The maximum atomic E-state index is 4.59. The van der Waals surface area contributed by atoms with Crippen molar-refractivity contribution in [3.05, 3.63) is 28.5 Å². The lowest BCUT2D eigenvalue weighted by Gasteiger charge is -2.34. The highest BCUT2D eigenvalue weighted by Gasteiger charge is 2.21. The minimum Gasteiger partial charge on any atom is -0.367 e. The van der Waals surface area contributed by atoms with Gasteiger partial charge in [0.05, 0.1) is 29.1 Å². The van der Waals surface area contributed by atoms with Crippen molar-refractivity contribution in [3.8, 4) is 0 Å². The van der Waals surface area contributed by atoms with Crippen LogP contribution in [0.5, 0.6) is 0 Å². The van der Waals surface area contributed by atoms with Gasteiger partial charge in [0.1, 0.15) is 0 Å². The van der Waals surface area contributed by atoms with Crippen LogP contribution in [-0.2, 0) is 20.0 Å². The molecule has 3 rings (SSSR count). The topological polar surface area (TPSA) is 70.4 Å². The minimum absolute atomic E-state index is 0.377. The van der Waals surface area contributed by atoms with E-state index in [9.17, 15) is 0 Å². The van der Waals surface area contributed by atoms with Gasteiger partial charge in [-0.15, -0.1) is 11.3 Å². The van der Waals surface area contributed by atoms with Crippen molar-refractivity contribution >= 4 is 23.0 Å². The Kier molecular flexibility index (Phi) is 5.91. The van der Waals surface area contributed by atoms with Crippen LogP contribution in [0.2, 0.25) is 0 Å². The number of anilines is 1. The van der Waals surface area contributed by atoms with Crippen LogP contribution in [0.25, 0.3) is 0 Å². The van der Waals surface area contributed by atoms with Crippen LogP contribution >= 0.6 is 11.3 Å². The number of rotatable bonds is 5. The number of piperidine rings is 1. The van der Waals surface area contributed by atoms with Crippen LogP contribution in [0.1, 0.15) is 30.5 Å². The molecule has 7 nitrogen and oxygen atoms in total. The van der Waals surface area contributed by atoms with E-state index in [4.69, 9.17) is 0 Å². The number of nitrogens with one attached hydrogen (secondary N) is 2. The first kappa shape index (κ1) is 17.7. The molecule has 1 aliphatic heterocycles. The molecule has 0 radical (unpaired) electrons. The highest BCUT2D eigenvalue weighted by molar-refractivity contribution is 7.09. The van der Waals surface area contributed by atoms with Crippen LogP contribution in [0.15, 0.2) is 22.8 Å². The third-order valence-electron chi connectivity index (χ3n) is 4.38. The second-order valence-electron chi connectivity index (χ2n) is 6.31. The average molecular weight is 362 g/mol. The van der Waals surface area contributed by atoms with E-state index in [1.807, 2.05) is 25.0 Å². The van der Waals surface area contributed by atoms with Crippen LogP contribution in [0.3, 0.4) is 0 Å². The summed E-state index contributed by atoms with van der Waals surface area (Å²) in [5, 5.41) is 14.5. The van der Waals surface area contributed by atoms with E-state index in [2.05, 4.69) is 49.1 Å². The lowest BCUT2D eigenvalue weighted by atomic mass is 10.1. The molecular weight excluding hydrogens is 334 g/mol. The predicted octanol–water partition coefficient (Wildman–Crippen LogP) is 1.77. The summed E-state index contributed by atoms with van der Waals surface area (Å²) in [5.74, 6) is 0.837. The fourth-order valence-electron chi connectivity index (χ4n) is 3.06. The zero-order chi connectivity index (χ0) is 17.6. The smallest absolute Gasteiger partial charge is 0.191 e. The van der Waals surface area contributed by atoms with Crippen molar-refractivity contribution in [1.82, 2.24) is 25.4 Å². The number of hydrogen-bond acceptors (Lipinski definition) is 5. The third kappa shape index (κ3) is 4.72. The first-order valence-electron chi connectivity index (χ1n) is 8.82. The van der Waals surface area contributed by atoms with Crippen LogP contribution < -0.4 is 15.5 Å². The van der Waals surface area contributed by atoms with Gasteiger partial charge in [-0.3, -0.25) is 9.67 Å². The van der Waals surface area contributed by atoms with Crippen LogP contribution in [-0.4, -0.2) is 46.9 Å². The van der Waals surface area contributed by atoms with E-state index in [1.165, 1.54) is 10.7 Å². The number of hydrogen-bond donors (Lipinski definition) is 2. The molecule has 136 valence electrons. The average Bonchev–Trinajstić information content (AvgIpc) is 3.27. The fraction of sp³-hybridized carbons (Fsp3) is 0.588. The fourth-order valence-corrected chi connectivity index (χ4v) is 3.80. The van der Waals surface area contributed by atoms with Gasteiger partial charge in [-0.1, -0.05) is 6.92 Å². The summed E-state index contributed by atoms with van der Waals surface area (Å²) in [6.45, 7) is 4.88. The number of guanidine groups is 1. The number of aliphatic imine (C=N–C) groups is 1. The summed E-state index contributed by atoms with van der Waals surface area (Å²) < 4.78 is 1.85. The molecule has 1 atom stereocenters. The zero-order valence-electron chi connectivity index (χ0n) is 15.2. The molecule has 1 saturated heterocycles. The van der Waals surface area contributed by atoms with Crippen LogP contribution in [0.4, 0.5) is 5.69 Å². The molecule has 0 saturated carbocycles. The Morgan fingerprint density at radius 3 is 3.04 bits per heavy atom. The Hall–Kier alpha value is -2.09. The summed E-state index contributed by atoms with van der Waals surface area (Å²) >= 11 is 1.72.